The molecule has 0 fully saturated rings. The fraction of sp³-hybridized carbons (Fsp3) is 0.643. The van der Waals surface area contributed by atoms with Crippen LogP contribution in [0.25, 0.3) is 0 Å². The number of halogens is 9. The fourth-order valence-electron chi connectivity index (χ4n) is 1.60. The summed E-state index contributed by atoms with van der Waals surface area (Å²) in [5.41, 5.74) is 0. The average Bonchev–Trinajstić information content (AvgIpc) is 2.90. The Labute approximate surface area is 178 Å². The number of aliphatic hydroxyl groups excluding tert-OH is 3. The average molecular weight is 660 g/mol. The first-order valence-electron chi connectivity index (χ1n) is 7.35. The number of alkyl halides is 9. The summed E-state index contributed by atoms with van der Waals surface area (Å²) in [5.74, 6) is 0. The van der Waals surface area contributed by atoms with Crippen molar-refractivity contribution in [3.63, 3.8) is 0 Å². The third-order valence-corrected chi connectivity index (χ3v) is 10.2. The quantitative estimate of drug-likeness (QED) is 0.246. The smallest absolute Gasteiger partial charge is 0 e. The molecule has 0 bridgehead atoms. The predicted octanol–water partition coefficient (Wildman–Crippen LogP) is 3.36. The third kappa shape index (κ3) is 10.2. The first-order valence-corrected chi connectivity index (χ1v) is 11.5. The van der Waals surface area contributed by atoms with Crippen molar-refractivity contribution in [2.45, 2.75) is 35.8 Å². The normalized spacial score (nSPS) is 11.5. The molecule has 3 N–H and O–H groups in total. The fourth-order valence-corrected chi connectivity index (χ4v) is 7.13. The van der Waals surface area contributed by atoms with E-state index in [0.29, 0.717) is 0 Å². The standard InChI is InChI=1S/C8H4F9Ge.3C2H6O.Hf/c9-6(10,11)18(7(12,13)14,8(15,16)17)5-3-1-2-4-5;3*1-2-3;/h1-4H;3*3H,2H2,1H3;/q-1;;;;. The van der Waals surface area contributed by atoms with Gasteiger partial charge in [-0.25, -0.2) is 0 Å². The number of rotatable bonds is 1. The van der Waals surface area contributed by atoms with E-state index in [2.05, 4.69) is 0 Å². The molecule has 28 heavy (non-hydrogen) atoms. The van der Waals surface area contributed by atoms with E-state index in [4.69, 9.17) is 15.3 Å². The molecule has 1 rings (SSSR count). The van der Waals surface area contributed by atoms with Gasteiger partial charge in [0.15, 0.2) is 0 Å². The summed E-state index contributed by atoms with van der Waals surface area (Å²) >= 11 is -8.38. The van der Waals surface area contributed by atoms with Crippen molar-refractivity contribution in [3.8, 4) is 0 Å². The molecular formula is C14H22F9GeHfO3-. The first-order chi connectivity index (χ1) is 12.1. The molecule has 0 heterocycles. The van der Waals surface area contributed by atoms with Crippen LogP contribution in [0.5, 0.6) is 0 Å². The Balaban J connectivity index is -0.000000245. The van der Waals surface area contributed by atoms with Crippen molar-refractivity contribution in [2.75, 3.05) is 19.8 Å². The van der Waals surface area contributed by atoms with Crippen LogP contribution in [0.2, 0.25) is 0 Å². The molecule has 0 aliphatic rings. The van der Waals surface area contributed by atoms with E-state index in [0.717, 1.165) is 12.1 Å². The topological polar surface area (TPSA) is 60.7 Å². The molecule has 0 amide bonds. The molecule has 14 heteroatoms. The van der Waals surface area contributed by atoms with Crippen molar-refractivity contribution in [1.29, 1.82) is 0 Å². The second-order valence-electron chi connectivity index (χ2n) is 4.37. The van der Waals surface area contributed by atoms with Gasteiger partial charge in [-0.2, -0.15) is 0 Å². The van der Waals surface area contributed by atoms with Gasteiger partial charge >= 0.3 is 96.5 Å². The van der Waals surface area contributed by atoms with Crippen LogP contribution in [0.1, 0.15) is 20.8 Å². The van der Waals surface area contributed by atoms with Crippen LogP contribution in [-0.4, -0.2) is 63.4 Å². The predicted molar refractivity (Wildman–Crippen MR) is 83.9 cm³/mol. The summed E-state index contributed by atoms with van der Waals surface area (Å²) in [6.45, 7) is 5.79. The minimum Gasteiger partial charge on any atom is 0 e. The van der Waals surface area contributed by atoms with Crippen LogP contribution in [-0.2, 0) is 25.8 Å². The maximum Gasteiger partial charge on any atom is 0 e. The summed E-state index contributed by atoms with van der Waals surface area (Å²) in [6, 6.07) is 1.90. The zero-order valence-electron chi connectivity index (χ0n) is 15.2. The number of aliphatic hydroxyl groups is 3. The molecule has 0 aromatic heterocycles. The van der Waals surface area contributed by atoms with Crippen LogP contribution >= 0.6 is 0 Å². The maximum absolute atomic E-state index is 12.6. The van der Waals surface area contributed by atoms with Crippen LogP contribution in [0.3, 0.4) is 0 Å². The Morgan fingerprint density at radius 2 is 0.821 bits per heavy atom. The minimum atomic E-state index is -8.38. The molecule has 0 saturated carbocycles. The van der Waals surface area contributed by atoms with Gasteiger partial charge in [-0.3, -0.25) is 0 Å². The van der Waals surface area contributed by atoms with Gasteiger partial charge in [0, 0.05) is 45.7 Å². The zero-order valence-corrected chi connectivity index (χ0v) is 20.9. The van der Waals surface area contributed by atoms with Gasteiger partial charge < -0.3 is 15.3 Å². The Morgan fingerprint density at radius 1 is 0.643 bits per heavy atom. The van der Waals surface area contributed by atoms with E-state index in [1.807, 2.05) is 0 Å². The molecule has 0 saturated heterocycles. The molecule has 1 aromatic rings. The maximum atomic E-state index is 12.6. The summed E-state index contributed by atoms with van der Waals surface area (Å²) < 4.78 is 111. The molecule has 0 aliphatic heterocycles. The summed E-state index contributed by atoms with van der Waals surface area (Å²) in [5, 5.41) is 3.64. The van der Waals surface area contributed by atoms with E-state index < -0.39 is 32.7 Å². The van der Waals surface area contributed by atoms with Gasteiger partial charge in [0.1, 0.15) is 0 Å². The van der Waals surface area contributed by atoms with E-state index in [1.165, 1.54) is 0 Å². The van der Waals surface area contributed by atoms with Gasteiger partial charge in [0.25, 0.3) is 0 Å². The largest absolute Gasteiger partial charge is 0 e. The SMILES string of the molecule is CCO.CCO.CCO.F[C](F)(F)[Ge]([c-]1cccc1)([C](F)(F)F)[C](F)(F)F.[Hf]. The second-order valence-corrected chi connectivity index (χ2v) is 12.3. The molecule has 0 aliphatic carbocycles. The van der Waals surface area contributed by atoms with Crippen molar-refractivity contribution in [3.05, 3.63) is 24.3 Å². The van der Waals surface area contributed by atoms with E-state index in [1.54, 1.807) is 20.8 Å². The molecule has 3 nitrogen and oxygen atoms in total. The molecule has 168 valence electrons. The van der Waals surface area contributed by atoms with Gasteiger partial charge in [0.2, 0.25) is 0 Å². The van der Waals surface area contributed by atoms with Crippen LogP contribution in [0.15, 0.2) is 24.3 Å². The van der Waals surface area contributed by atoms with Gasteiger partial charge in [0.05, 0.1) is 0 Å². The molecule has 0 atom stereocenters. The van der Waals surface area contributed by atoms with Gasteiger partial charge in [-0.1, -0.05) is 0 Å². The van der Waals surface area contributed by atoms with Gasteiger partial charge in [-0.05, 0) is 20.8 Å². The first kappa shape index (κ1) is 35.4. The molecule has 0 unspecified atom stereocenters. The molecular weight excluding hydrogens is 638 g/mol. The van der Waals surface area contributed by atoms with Crippen molar-refractivity contribution >= 4 is 17.7 Å². The molecule has 0 radical (unpaired) electrons. The monoisotopic (exact) mass is 663 g/mol. The Kier molecular flexibility index (Phi) is 20.0. The molecule has 0 spiro atoms. The van der Waals surface area contributed by atoms with E-state index in [9.17, 15) is 39.5 Å². The Morgan fingerprint density at radius 3 is 0.964 bits per heavy atom. The van der Waals surface area contributed by atoms with Crippen LogP contribution in [0.4, 0.5) is 39.5 Å². The van der Waals surface area contributed by atoms with Crippen molar-refractivity contribution < 1.29 is 80.7 Å². The zero-order chi connectivity index (χ0) is 22.5. The van der Waals surface area contributed by atoms with Crippen LogP contribution < -0.4 is 4.40 Å². The molecule has 1 aromatic carbocycles. The second kappa shape index (κ2) is 15.8. The van der Waals surface area contributed by atoms with Crippen molar-refractivity contribution in [2.24, 2.45) is 0 Å². The number of hydrogen-bond donors (Lipinski definition) is 3. The Bertz CT molecular complexity index is 419. The number of hydrogen-bond acceptors (Lipinski definition) is 3. The van der Waals surface area contributed by atoms with Crippen LogP contribution in [0, 0.1) is 0 Å². The summed E-state index contributed by atoms with van der Waals surface area (Å²) in [6.07, 6.45) is 0. The van der Waals surface area contributed by atoms with Gasteiger partial charge in [-0.15, -0.1) is 0 Å². The minimum absolute atomic E-state index is 0. The van der Waals surface area contributed by atoms with E-state index >= 15 is 0 Å². The van der Waals surface area contributed by atoms with E-state index in [-0.39, 0.29) is 57.8 Å². The third-order valence-electron chi connectivity index (χ3n) is 2.37. The van der Waals surface area contributed by atoms with Crippen molar-refractivity contribution in [1.82, 2.24) is 0 Å². The summed E-state index contributed by atoms with van der Waals surface area (Å²) in [4.78, 5) is 0. The Hall–Kier alpha value is 0.0130. The summed E-state index contributed by atoms with van der Waals surface area (Å²) in [7, 11) is 0.